The molecular weight excluding hydrogens is 598 g/mol. The molecule has 3 aromatic carbocycles. The van der Waals surface area contributed by atoms with Gasteiger partial charge in [0.1, 0.15) is 6.54 Å². The van der Waals surface area contributed by atoms with Gasteiger partial charge >= 0.3 is 12.0 Å². The molecule has 0 spiro atoms. The van der Waals surface area contributed by atoms with Gasteiger partial charge in [0.25, 0.3) is 0 Å². The van der Waals surface area contributed by atoms with Crippen molar-refractivity contribution in [2.75, 3.05) is 40.0 Å². The Balaban J connectivity index is 1.32. The fourth-order valence-electron chi connectivity index (χ4n) is 6.45. The number of methoxy groups -OCH3 is 1. The summed E-state index contributed by atoms with van der Waals surface area (Å²) in [4.78, 5) is 26.3. The Morgan fingerprint density at radius 3 is 2.45 bits per heavy atom. The van der Waals surface area contributed by atoms with Crippen LogP contribution < -0.4 is 10.6 Å². The summed E-state index contributed by atoms with van der Waals surface area (Å²) >= 11 is 0. The molecule has 0 radical (unpaired) electrons. The molecule has 2 saturated heterocycles. The zero-order chi connectivity index (χ0) is 33.2. The van der Waals surface area contributed by atoms with Crippen molar-refractivity contribution >= 4 is 12.0 Å². The molecule has 47 heavy (non-hydrogen) atoms. The number of esters is 1. The number of urea groups is 1. The largest absolute Gasteiger partial charge is 0.465 e. The summed E-state index contributed by atoms with van der Waals surface area (Å²) in [6, 6.07) is 24.0. The third-order valence-electron chi connectivity index (χ3n) is 9.05. The number of carbonyl (C=O) groups is 2. The summed E-state index contributed by atoms with van der Waals surface area (Å²) in [5.41, 5.74) is 5.77. The van der Waals surface area contributed by atoms with E-state index >= 15 is 0 Å². The SMILES string of the molecule is CCOC(=O)CNC(=O)NCc1ccccc1-c1ccc(C2OC(CN3CCCC3COC)C(C)C(c3ccc(CO)cc3)O2)cc1. The standard InChI is InChI=1S/C37H47N3O7/c1-4-45-34(42)21-39-37(43)38-20-30-8-5-6-10-32(30)27-15-17-29(18-16-27)36-46-33(22-40-19-7-9-31(40)24-44-3)25(2)35(47-36)28-13-11-26(23-41)12-14-28/h5-6,8,10-18,25,31,33,35-36,41H,4,7,9,19-24H2,1-3H3,(H2,38,39,43). The highest BCUT2D eigenvalue weighted by atomic mass is 16.7. The number of hydrogen-bond acceptors (Lipinski definition) is 8. The number of amides is 2. The Hall–Kier alpha value is -3.80. The first-order valence-corrected chi connectivity index (χ1v) is 16.5. The van der Waals surface area contributed by atoms with Gasteiger partial charge in [-0.2, -0.15) is 0 Å². The van der Waals surface area contributed by atoms with Gasteiger partial charge in [0.2, 0.25) is 0 Å². The van der Waals surface area contributed by atoms with Crippen molar-refractivity contribution in [2.45, 2.75) is 64.4 Å². The minimum absolute atomic E-state index is 0.000211. The van der Waals surface area contributed by atoms with Crippen LogP contribution in [0.3, 0.4) is 0 Å². The number of rotatable bonds is 13. The third kappa shape index (κ3) is 8.97. The van der Waals surface area contributed by atoms with E-state index < -0.39 is 18.3 Å². The molecule has 3 aromatic rings. The van der Waals surface area contributed by atoms with Crippen LogP contribution in [-0.2, 0) is 36.9 Å². The molecule has 0 aromatic heterocycles. The second kappa shape index (κ2) is 16.9. The fraction of sp³-hybridized carbons (Fsp3) is 0.459. The second-order valence-corrected chi connectivity index (χ2v) is 12.2. The molecule has 0 bridgehead atoms. The average molecular weight is 646 g/mol. The Kier molecular flexibility index (Phi) is 12.4. The van der Waals surface area contributed by atoms with Crippen molar-refractivity contribution in [3.05, 3.63) is 95.1 Å². The monoisotopic (exact) mass is 645 g/mol. The minimum atomic E-state index is -0.559. The Labute approximate surface area is 277 Å². The van der Waals surface area contributed by atoms with Gasteiger partial charge < -0.3 is 34.7 Å². The number of hydrogen-bond donors (Lipinski definition) is 3. The lowest BCUT2D eigenvalue weighted by Gasteiger charge is -2.43. The number of aliphatic hydroxyl groups excluding tert-OH is 1. The van der Waals surface area contributed by atoms with Crippen LogP contribution in [0.1, 0.15) is 61.3 Å². The quantitative estimate of drug-likeness (QED) is 0.220. The Bertz CT molecular complexity index is 1450. The van der Waals surface area contributed by atoms with Crippen LogP contribution in [-0.4, -0.2) is 74.1 Å². The zero-order valence-electron chi connectivity index (χ0n) is 27.5. The normalized spacial score (nSPS) is 22.9. The molecular formula is C37H47N3O7. The molecule has 2 fully saturated rings. The van der Waals surface area contributed by atoms with Crippen LogP contribution in [0.25, 0.3) is 11.1 Å². The number of ether oxygens (including phenoxy) is 4. The van der Waals surface area contributed by atoms with Gasteiger partial charge in [0.05, 0.1) is 32.0 Å². The van der Waals surface area contributed by atoms with Gasteiger partial charge in [-0.3, -0.25) is 9.69 Å². The lowest BCUT2D eigenvalue weighted by atomic mass is 9.89. The van der Waals surface area contributed by atoms with Crippen molar-refractivity contribution in [2.24, 2.45) is 5.92 Å². The van der Waals surface area contributed by atoms with Gasteiger partial charge in [-0.25, -0.2) is 4.79 Å². The molecule has 0 aliphatic carbocycles. The highest BCUT2D eigenvalue weighted by Crippen LogP contribution is 2.42. The molecule has 5 atom stereocenters. The second-order valence-electron chi connectivity index (χ2n) is 12.2. The van der Waals surface area contributed by atoms with Crippen molar-refractivity contribution in [3.8, 4) is 11.1 Å². The maximum Gasteiger partial charge on any atom is 0.325 e. The van der Waals surface area contributed by atoms with E-state index in [1.807, 2.05) is 60.7 Å². The molecule has 2 heterocycles. The zero-order valence-corrected chi connectivity index (χ0v) is 27.5. The maximum absolute atomic E-state index is 12.3. The first-order valence-electron chi connectivity index (χ1n) is 16.5. The van der Waals surface area contributed by atoms with Crippen LogP contribution in [0.15, 0.2) is 72.8 Å². The molecule has 5 rings (SSSR count). The number of nitrogens with zero attached hydrogens (tertiary/aromatic N) is 1. The summed E-state index contributed by atoms with van der Waals surface area (Å²) in [5, 5.41) is 14.9. The third-order valence-corrected chi connectivity index (χ3v) is 9.05. The van der Waals surface area contributed by atoms with Gasteiger partial charge in [-0.05, 0) is 54.1 Å². The van der Waals surface area contributed by atoms with Gasteiger partial charge in [-0.1, -0.05) is 79.7 Å². The van der Waals surface area contributed by atoms with Crippen molar-refractivity contribution in [1.82, 2.24) is 15.5 Å². The van der Waals surface area contributed by atoms with Crippen molar-refractivity contribution in [3.63, 3.8) is 0 Å². The predicted octanol–water partition coefficient (Wildman–Crippen LogP) is 5.11. The number of nitrogens with one attached hydrogen (secondary N) is 2. The van der Waals surface area contributed by atoms with Crippen LogP contribution >= 0.6 is 0 Å². The average Bonchev–Trinajstić information content (AvgIpc) is 3.54. The molecule has 252 valence electrons. The van der Waals surface area contributed by atoms with Crippen LogP contribution in [0.5, 0.6) is 0 Å². The summed E-state index contributed by atoms with van der Waals surface area (Å²) in [6.07, 6.45) is 1.47. The van der Waals surface area contributed by atoms with Crippen LogP contribution in [0, 0.1) is 5.92 Å². The maximum atomic E-state index is 12.3. The van der Waals surface area contributed by atoms with Crippen LogP contribution in [0.2, 0.25) is 0 Å². The summed E-state index contributed by atoms with van der Waals surface area (Å²) in [6.45, 7) is 6.82. The first kappa shape index (κ1) is 34.5. The molecule has 0 saturated carbocycles. The molecule has 10 nitrogen and oxygen atoms in total. The summed E-state index contributed by atoms with van der Waals surface area (Å²) in [7, 11) is 1.76. The van der Waals surface area contributed by atoms with E-state index in [1.54, 1.807) is 14.0 Å². The number of benzene rings is 3. The highest BCUT2D eigenvalue weighted by Gasteiger charge is 2.40. The highest BCUT2D eigenvalue weighted by molar-refractivity contribution is 5.81. The van der Waals surface area contributed by atoms with E-state index in [0.717, 1.165) is 59.3 Å². The first-order chi connectivity index (χ1) is 22.9. The van der Waals surface area contributed by atoms with Crippen molar-refractivity contribution < 1.29 is 33.6 Å². The topological polar surface area (TPSA) is 119 Å². The lowest BCUT2D eigenvalue weighted by Crippen LogP contribution is -2.46. The molecule has 2 aliphatic rings. The molecule has 2 aliphatic heterocycles. The number of likely N-dealkylation sites (tertiary alicyclic amines) is 1. The molecule has 2 amide bonds. The van der Waals surface area contributed by atoms with E-state index in [9.17, 15) is 14.7 Å². The van der Waals surface area contributed by atoms with E-state index in [1.165, 1.54) is 0 Å². The molecule has 10 heteroatoms. The number of aliphatic hydroxyl groups is 1. The van der Waals surface area contributed by atoms with E-state index in [0.29, 0.717) is 12.6 Å². The summed E-state index contributed by atoms with van der Waals surface area (Å²) < 4.78 is 23.8. The van der Waals surface area contributed by atoms with Gasteiger partial charge in [0, 0.05) is 37.7 Å². The minimum Gasteiger partial charge on any atom is -0.465 e. The Morgan fingerprint density at radius 1 is 0.979 bits per heavy atom. The smallest absolute Gasteiger partial charge is 0.325 e. The number of carbonyl (C=O) groups excluding carboxylic acids is 2. The van der Waals surface area contributed by atoms with E-state index in [2.05, 4.69) is 34.6 Å². The predicted molar refractivity (Wildman–Crippen MR) is 178 cm³/mol. The van der Waals surface area contributed by atoms with Crippen LogP contribution in [0.4, 0.5) is 4.79 Å². The van der Waals surface area contributed by atoms with Gasteiger partial charge in [0.15, 0.2) is 6.29 Å². The van der Waals surface area contributed by atoms with Crippen molar-refractivity contribution in [1.29, 1.82) is 0 Å². The van der Waals surface area contributed by atoms with E-state index in [4.69, 9.17) is 18.9 Å². The molecule has 5 unspecified atom stereocenters. The summed E-state index contributed by atoms with van der Waals surface area (Å²) in [5.74, 6) is -0.379. The Morgan fingerprint density at radius 2 is 1.72 bits per heavy atom. The lowest BCUT2D eigenvalue weighted by molar-refractivity contribution is -0.276. The fourth-order valence-corrected chi connectivity index (χ4v) is 6.45. The molecule has 3 N–H and O–H groups in total. The van der Waals surface area contributed by atoms with E-state index in [-0.39, 0.29) is 44.4 Å². The van der Waals surface area contributed by atoms with Gasteiger partial charge in [-0.15, -0.1) is 0 Å².